The third kappa shape index (κ3) is 3.35. The average molecular weight is 320 g/mol. The molecule has 0 unspecified atom stereocenters. The van der Waals surface area contributed by atoms with Crippen LogP contribution in [0.2, 0.25) is 0 Å². The number of fused-ring (bicyclic) bond motifs is 1. The van der Waals surface area contributed by atoms with Gasteiger partial charge in [0.25, 0.3) is 5.56 Å². The van der Waals surface area contributed by atoms with E-state index < -0.39 is 0 Å². The highest BCUT2D eigenvalue weighted by Gasteiger charge is 2.05. The second-order valence-electron chi connectivity index (χ2n) is 5.16. The van der Waals surface area contributed by atoms with Crippen molar-refractivity contribution in [1.29, 1.82) is 0 Å². The van der Waals surface area contributed by atoms with E-state index in [0.29, 0.717) is 17.0 Å². The molecule has 0 bridgehead atoms. The predicted molar refractivity (Wildman–Crippen MR) is 95.2 cm³/mol. The number of aromatic nitrogens is 1. The van der Waals surface area contributed by atoms with Gasteiger partial charge in [-0.3, -0.25) is 9.59 Å². The molecule has 24 heavy (non-hydrogen) atoms. The molecule has 0 saturated carbocycles. The molecular formula is C19H16N2O3. The molecule has 2 N–H and O–H groups in total. The van der Waals surface area contributed by atoms with E-state index in [0.717, 1.165) is 10.9 Å². The maximum absolute atomic E-state index is 12.1. The average Bonchev–Trinajstić information content (AvgIpc) is 2.60. The maximum Gasteiger partial charge on any atom is 0.255 e. The van der Waals surface area contributed by atoms with Crippen molar-refractivity contribution >= 4 is 28.6 Å². The molecule has 3 rings (SSSR count). The number of benzene rings is 2. The number of para-hydroxylation sites is 3. The van der Waals surface area contributed by atoms with Gasteiger partial charge in [-0.2, -0.15) is 0 Å². The highest BCUT2D eigenvalue weighted by Crippen LogP contribution is 2.22. The first kappa shape index (κ1) is 15.6. The van der Waals surface area contributed by atoms with Crippen molar-refractivity contribution in [3.8, 4) is 5.75 Å². The molecule has 1 amide bonds. The molecule has 0 spiro atoms. The predicted octanol–water partition coefficient (Wildman–Crippen LogP) is 3.19. The molecule has 0 aliphatic heterocycles. The lowest BCUT2D eigenvalue weighted by Gasteiger charge is -2.07. The summed E-state index contributed by atoms with van der Waals surface area (Å²) in [6.45, 7) is 0. The summed E-state index contributed by atoms with van der Waals surface area (Å²) in [5.74, 6) is 0.231. The summed E-state index contributed by atoms with van der Waals surface area (Å²) < 4.78 is 5.18. The lowest BCUT2D eigenvalue weighted by atomic mass is 10.1. The van der Waals surface area contributed by atoms with Crippen molar-refractivity contribution in [1.82, 2.24) is 4.98 Å². The van der Waals surface area contributed by atoms with Gasteiger partial charge in [-0.1, -0.05) is 30.3 Å². The standard InChI is InChI=1S/C19H16N2O3/c1-24-17-9-5-4-8-16(17)20-18(22)11-10-14-12-13-6-2-3-7-15(13)21-19(14)23/h2-12H,1H3,(H,20,22)(H,21,23)/b11-10+. The van der Waals surface area contributed by atoms with Crippen LogP contribution < -0.4 is 15.6 Å². The van der Waals surface area contributed by atoms with Crippen LogP contribution in [0.4, 0.5) is 5.69 Å². The minimum absolute atomic E-state index is 0.241. The molecule has 0 fully saturated rings. The van der Waals surface area contributed by atoms with Crippen molar-refractivity contribution in [3.05, 3.63) is 76.6 Å². The largest absolute Gasteiger partial charge is 0.495 e. The van der Waals surface area contributed by atoms with Crippen LogP contribution in [0.1, 0.15) is 5.56 Å². The maximum atomic E-state index is 12.1. The first-order valence-corrected chi connectivity index (χ1v) is 7.41. The molecule has 120 valence electrons. The molecule has 0 aliphatic rings. The van der Waals surface area contributed by atoms with Crippen molar-refractivity contribution in [3.63, 3.8) is 0 Å². The van der Waals surface area contributed by atoms with Crippen LogP contribution in [0.15, 0.2) is 65.5 Å². The Hall–Kier alpha value is -3.34. The van der Waals surface area contributed by atoms with Gasteiger partial charge in [-0.05, 0) is 35.7 Å². The van der Waals surface area contributed by atoms with E-state index in [-0.39, 0.29) is 11.5 Å². The van der Waals surface area contributed by atoms with Crippen molar-refractivity contribution in [2.24, 2.45) is 0 Å². The number of pyridine rings is 1. The van der Waals surface area contributed by atoms with Crippen molar-refractivity contribution in [2.75, 3.05) is 12.4 Å². The minimum Gasteiger partial charge on any atom is -0.495 e. The summed E-state index contributed by atoms with van der Waals surface area (Å²) in [4.78, 5) is 26.9. The fourth-order valence-electron chi connectivity index (χ4n) is 2.38. The summed E-state index contributed by atoms with van der Waals surface area (Å²) in [6, 6.07) is 16.4. The Bertz CT molecular complexity index is 974. The number of carbonyl (C=O) groups excluding carboxylic acids is 1. The zero-order valence-electron chi connectivity index (χ0n) is 13.1. The number of nitrogens with one attached hydrogen (secondary N) is 2. The van der Waals surface area contributed by atoms with Gasteiger partial charge in [0.15, 0.2) is 0 Å². The molecule has 3 aromatic rings. The molecule has 0 saturated heterocycles. The van der Waals surface area contributed by atoms with Crippen LogP contribution in [0, 0.1) is 0 Å². The zero-order chi connectivity index (χ0) is 16.9. The highest BCUT2D eigenvalue weighted by molar-refractivity contribution is 6.02. The van der Waals surface area contributed by atoms with Gasteiger partial charge in [-0.15, -0.1) is 0 Å². The summed E-state index contributed by atoms with van der Waals surface area (Å²) in [5.41, 5.74) is 1.51. The van der Waals surface area contributed by atoms with Gasteiger partial charge in [0.1, 0.15) is 5.75 Å². The van der Waals surface area contributed by atoms with Gasteiger partial charge in [0, 0.05) is 17.2 Å². The monoisotopic (exact) mass is 320 g/mol. The molecule has 5 nitrogen and oxygen atoms in total. The Labute approximate surface area is 138 Å². The van der Waals surface area contributed by atoms with Crippen molar-refractivity contribution < 1.29 is 9.53 Å². The third-order valence-corrected chi connectivity index (χ3v) is 3.56. The molecule has 0 atom stereocenters. The van der Waals surface area contributed by atoms with Crippen LogP contribution in [-0.2, 0) is 4.79 Å². The second-order valence-corrected chi connectivity index (χ2v) is 5.16. The molecule has 0 aliphatic carbocycles. The van der Waals surface area contributed by atoms with Gasteiger partial charge in [-0.25, -0.2) is 0 Å². The lowest BCUT2D eigenvalue weighted by Crippen LogP contribution is -2.11. The number of aromatic amines is 1. The molecule has 1 heterocycles. The van der Waals surface area contributed by atoms with Gasteiger partial charge >= 0.3 is 0 Å². The quantitative estimate of drug-likeness (QED) is 0.725. The third-order valence-electron chi connectivity index (χ3n) is 3.56. The first-order chi connectivity index (χ1) is 11.7. The summed E-state index contributed by atoms with van der Waals surface area (Å²) >= 11 is 0. The van der Waals surface area contributed by atoms with Crippen LogP contribution in [0.3, 0.4) is 0 Å². The fraction of sp³-hybridized carbons (Fsp3) is 0.0526. The van der Waals surface area contributed by atoms with E-state index in [2.05, 4.69) is 10.3 Å². The van der Waals surface area contributed by atoms with E-state index in [9.17, 15) is 9.59 Å². The SMILES string of the molecule is COc1ccccc1NC(=O)/C=C/c1cc2ccccc2[nH]c1=O. The number of hydrogen-bond acceptors (Lipinski definition) is 3. The Morgan fingerprint density at radius 3 is 2.71 bits per heavy atom. The number of methoxy groups -OCH3 is 1. The molecule has 5 heteroatoms. The number of rotatable bonds is 4. The number of ether oxygens (including phenoxy) is 1. The van der Waals surface area contributed by atoms with Crippen molar-refractivity contribution in [2.45, 2.75) is 0 Å². The second kappa shape index (κ2) is 6.83. The summed E-state index contributed by atoms with van der Waals surface area (Å²) in [6.07, 6.45) is 2.82. The number of amides is 1. The van der Waals surface area contributed by atoms with Gasteiger partial charge in [0.05, 0.1) is 12.8 Å². The summed E-state index contributed by atoms with van der Waals surface area (Å²) in [7, 11) is 1.54. The van der Waals surface area contributed by atoms with E-state index in [4.69, 9.17) is 4.74 Å². The van der Waals surface area contributed by atoms with Gasteiger partial charge in [0.2, 0.25) is 5.91 Å². The highest BCUT2D eigenvalue weighted by atomic mass is 16.5. The molecule has 0 radical (unpaired) electrons. The van der Waals surface area contributed by atoms with Crippen LogP contribution in [-0.4, -0.2) is 18.0 Å². The van der Waals surface area contributed by atoms with E-state index in [1.165, 1.54) is 19.3 Å². The first-order valence-electron chi connectivity index (χ1n) is 7.41. The zero-order valence-corrected chi connectivity index (χ0v) is 13.1. The topological polar surface area (TPSA) is 71.2 Å². The van der Waals surface area contributed by atoms with Crippen LogP contribution in [0.25, 0.3) is 17.0 Å². The number of carbonyl (C=O) groups is 1. The number of anilines is 1. The number of H-pyrrole nitrogens is 1. The fourth-order valence-corrected chi connectivity index (χ4v) is 2.38. The Morgan fingerprint density at radius 1 is 1.12 bits per heavy atom. The number of hydrogen-bond donors (Lipinski definition) is 2. The van der Waals surface area contributed by atoms with E-state index in [1.54, 1.807) is 24.3 Å². The Kier molecular flexibility index (Phi) is 4.43. The minimum atomic E-state index is -0.341. The Balaban J connectivity index is 1.81. The van der Waals surface area contributed by atoms with Crippen LogP contribution >= 0.6 is 0 Å². The van der Waals surface area contributed by atoms with Crippen LogP contribution in [0.5, 0.6) is 5.75 Å². The molecule has 2 aromatic carbocycles. The smallest absolute Gasteiger partial charge is 0.255 e. The van der Waals surface area contributed by atoms with E-state index in [1.807, 2.05) is 30.3 Å². The lowest BCUT2D eigenvalue weighted by molar-refractivity contribution is -0.111. The molecule has 1 aromatic heterocycles. The Morgan fingerprint density at radius 2 is 1.88 bits per heavy atom. The normalized spacial score (nSPS) is 10.9. The van der Waals surface area contributed by atoms with E-state index >= 15 is 0 Å². The molecular weight excluding hydrogens is 304 g/mol. The summed E-state index contributed by atoms with van der Waals surface area (Å²) in [5, 5.41) is 3.63. The van der Waals surface area contributed by atoms with Gasteiger partial charge < -0.3 is 15.0 Å².